The third kappa shape index (κ3) is 19.3. The van der Waals surface area contributed by atoms with Crippen LogP contribution in [0.4, 0.5) is 4.39 Å². The lowest BCUT2D eigenvalue weighted by Crippen LogP contribution is -2.49. The number of fused-ring (bicyclic) bond motifs is 1. The van der Waals surface area contributed by atoms with Crippen LogP contribution in [0.25, 0.3) is 10.9 Å². The molecule has 20 heteroatoms. The summed E-state index contributed by atoms with van der Waals surface area (Å²) in [6.45, 7) is 9.29. The van der Waals surface area contributed by atoms with Gasteiger partial charge < -0.3 is 43.9 Å². The van der Waals surface area contributed by atoms with Crippen LogP contribution >= 0.6 is 11.6 Å². The average Bonchev–Trinajstić information content (AvgIpc) is 0.904. The Kier molecular flexibility index (Phi) is 23.0. The van der Waals surface area contributed by atoms with Crippen molar-refractivity contribution in [1.82, 2.24) is 49.2 Å². The van der Waals surface area contributed by atoms with E-state index in [0.29, 0.717) is 84.9 Å². The van der Waals surface area contributed by atoms with Crippen molar-refractivity contribution in [2.24, 2.45) is 10.8 Å². The van der Waals surface area contributed by atoms with Crippen LogP contribution in [0.15, 0.2) is 263 Å². The number of nitrogens with one attached hydrogen (secondary N) is 4. The lowest BCUT2D eigenvalue weighted by atomic mass is 9.54. The van der Waals surface area contributed by atoms with Gasteiger partial charge in [-0.2, -0.15) is 0 Å². The zero-order chi connectivity index (χ0) is 71.8. The Balaban J connectivity index is 0.000000154. The standard InChI is InChI=1S/C29H31FN4O3.C27H25N3O3.C26H22ClN3O2/c1-19-12-31-24-11-23(30)21(10-22(19)24)13-32-27(37)20-7-8-26(36)34(14-20)18-29(3)15-28(2,16-29)17-33-9-5-4-6-25(33)35;1-33-25-11-9-21(10-12-25)17-29-27(32)24-15-23(16-28-18-24)14-20-5-7-22(8-6-20)19-30-13-3-2-4-26(30)31;27-24-10-8-20(9-11-24)16-29-26(32)23-14-22(15-28-17-23)13-19-4-6-21(7-5-19)18-30-12-2-1-3-25(30)31/h4-12,14,31H,13,15-18H2,1-3H3,(H,32,37);2-13,15-16,18H,14,17,19H2,1H3,(H,29,32);1-12,14-15,17H,13,16,18H2,(H,29,32). The summed E-state index contributed by atoms with van der Waals surface area (Å²) in [6.07, 6.45) is 18.5. The molecule has 1 aliphatic rings. The molecular formula is C82H78ClFN10O8. The van der Waals surface area contributed by atoms with Crippen LogP contribution in [0, 0.1) is 23.6 Å². The zero-order valence-corrected chi connectivity index (χ0v) is 57.8. The highest BCUT2D eigenvalue weighted by atomic mass is 35.5. The zero-order valence-electron chi connectivity index (χ0n) is 57.1. The minimum atomic E-state index is -0.390. The molecule has 1 saturated carbocycles. The summed E-state index contributed by atoms with van der Waals surface area (Å²) in [6, 6.07) is 56.4. The van der Waals surface area contributed by atoms with Crippen LogP contribution in [-0.4, -0.2) is 58.1 Å². The van der Waals surface area contributed by atoms with Gasteiger partial charge in [0.15, 0.2) is 0 Å². The number of aryl methyl sites for hydroxylation is 1. The van der Waals surface area contributed by atoms with Gasteiger partial charge in [0.25, 0.3) is 40.0 Å². The van der Waals surface area contributed by atoms with Crippen molar-refractivity contribution in [1.29, 1.82) is 0 Å². The van der Waals surface area contributed by atoms with Crippen molar-refractivity contribution < 1.29 is 23.5 Å². The maximum absolute atomic E-state index is 14.5. The molecule has 12 aromatic rings. The summed E-state index contributed by atoms with van der Waals surface area (Å²) in [5.41, 5.74) is 11.3. The third-order valence-electron chi connectivity index (χ3n) is 17.9. The Bertz CT molecular complexity index is 5180. The van der Waals surface area contributed by atoms with Gasteiger partial charge in [-0.15, -0.1) is 0 Å². The first-order chi connectivity index (χ1) is 49.2. The van der Waals surface area contributed by atoms with Crippen LogP contribution in [-0.2, 0) is 58.7 Å². The van der Waals surface area contributed by atoms with Gasteiger partial charge in [-0.05, 0) is 166 Å². The molecule has 0 radical (unpaired) electrons. The van der Waals surface area contributed by atoms with E-state index in [9.17, 15) is 38.0 Å². The van der Waals surface area contributed by atoms with E-state index in [0.717, 1.165) is 74.0 Å². The Labute approximate surface area is 594 Å². The van der Waals surface area contributed by atoms with E-state index >= 15 is 0 Å². The quantitative estimate of drug-likeness (QED) is 0.0502. The minimum Gasteiger partial charge on any atom is -0.497 e. The maximum atomic E-state index is 14.5. The van der Waals surface area contributed by atoms with Gasteiger partial charge >= 0.3 is 0 Å². The number of aromatic nitrogens is 7. The van der Waals surface area contributed by atoms with Gasteiger partial charge in [-0.3, -0.25) is 43.5 Å². The average molecular weight is 1390 g/mol. The van der Waals surface area contributed by atoms with Crippen molar-refractivity contribution in [2.45, 2.75) is 92.3 Å². The molecule has 0 atom stereocenters. The molecular weight excluding hydrogens is 1310 g/mol. The molecule has 13 rings (SSSR count). The Morgan fingerprint density at radius 3 is 1.44 bits per heavy atom. The number of nitrogens with zero attached hydrogens (tertiary/aromatic N) is 6. The van der Waals surface area contributed by atoms with Gasteiger partial charge in [0.1, 0.15) is 11.6 Å². The fourth-order valence-corrected chi connectivity index (χ4v) is 13.2. The number of halogens is 2. The van der Waals surface area contributed by atoms with Gasteiger partial charge in [0.05, 0.1) is 36.9 Å². The first kappa shape index (κ1) is 71.5. The molecule has 0 spiro atoms. The molecule has 4 N–H and O–H groups in total. The fourth-order valence-electron chi connectivity index (χ4n) is 13.1. The predicted molar refractivity (Wildman–Crippen MR) is 394 cm³/mol. The van der Waals surface area contributed by atoms with Crippen molar-refractivity contribution in [2.75, 3.05) is 7.11 Å². The second kappa shape index (κ2) is 32.9. The summed E-state index contributed by atoms with van der Waals surface area (Å²) in [4.78, 5) is 98.0. The fraction of sp³-hybridized carbons (Fsp3) is 0.207. The Morgan fingerprint density at radius 1 is 0.500 bits per heavy atom. The second-order valence-corrected chi connectivity index (χ2v) is 26.9. The van der Waals surface area contributed by atoms with E-state index in [2.05, 4.69) is 44.7 Å². The number of hydrogen-bond acceptors (Lipinski definition) is 10. The minimum absolute atomic E-state index is 0.0182. The number of carbonyl (C=O) groups is 3. The molecule has 7 aromatic heterocycles. The highest BCUT2D eigenvalue weighted by Gasteiger charge is 2.49. The Hall–Kier alpha value is -11.8. The molecule has 0 bridgehead atoms. The maximum Gasteiger partial charge on any atom is 0.253 e. The predicted octanol–water partition coefficient (Wildman–Crippen LogP) is 12.7. The first-order valence-electron chi connectivity index (χ1n) is 33.4. The number of benzene rings is 5. The van der Waals surface area contributed by atoms with Gasteiger partial charge in [0, 0.05) is 134 Å². The summed E-state index contributed by atoms with van der Waals surface area (Å²) >= 11 is 5.90. The van der Waals surface area contributed by atoms with E-state index < -0.39 is 5.82 Å². The third-order valence-corrected chi connectivity index (χ3v) is 18.2. The summed E-state index contributed by atoms with van der Waals surface area (Å²) in [7, 11) is 1.62. The number of rotatable bonds is 22. The second-order valence-electron chi connectivity index (χ2n) is 26.5. The van der Waals surface area contributed by atoms with E-state index in [1.54, 1.807) is 130 Å². The molecule has 0 unspecified atom stereocenters. The topological polar surface area (TPSA) is 226 Å². The number of carbonyl (C=O) groups excluding carboxylic acids is 3. The van der Waals surface area contributed by atoms with E-state index in [1.807, 2.05) is 128 Å². The molecule has 518 valence electrons. The van der Waals surface area contributed by atoms with Crippen molar-refractivity contribution in [3.05, 3.63) is 368 Å². The molecule has 7 heterocycles. The van der Waals surface area contributed by atoms with Crippen molar-refractivity contribution in [3.8, 4) is 5.75 Å². The number of methoxy groups -OCH3 is 1. The molecule has 18 nitrogen and oxygen atoms in total. The lowest BCUT2D eigenvalue weighted by molar-refractivity contribution is -0.0386. The molecule has 3 amide bonds. The van der Waals surface area contributed by atoms with Gasteiger partial charge in [0.2, 0.25) is 0 Å². The van der Waals surface area contributed by atoms with Crippen molar-refractivity contribution in [3.63, 3.8) is 0 Å². The molecule has 102 heavy (non-hydrogen) atoms. The summed E-state index contributed by atoms with van der Waals surface area (Å²) in [5, 5.41) is 10.2. The summed E-state index contributed by atoms with van der Waals surface area (Å²) in [5.74, 6) is -0.310. The molecule has 1 fully saturated rings. The largest absolute Gasteiger partial charge is 0.497 e. The first-order valence-corrected chi connectivity index (χ1v) is 33.8. The number of amides is 3. The number of H-pyrrole nitrogens is 1. The van der Waals surface area contributed by atoms with Crippen LogP contribution < -0.4 is 42.9 Å². The molecule has 0 saturated heterocycles. The molecule has 1 aliphatic carbocycles. The van der Waals surface area contributed by atoms with Crippen molar-refractivity contribution >= 4 is 40.2 Å². The molecule has 0 aliphatic heterocycles. The number of hydrogen-bond donors (Lipinski definition) is 4. The van der Waals surface area contributed by atoms with E-state index in [4.69, 9.17) is 16.3 Å². The van der Waals surface area contributed by atoms with Gasteiger partial charge in [-0.1, -0.05) is 116 Å². The SMILES string of the molecule is COc1ccc(CNC(=O)c2cncc(Cc3ccc(Cn4ccccc4=O)cc3)c2)cc1.Cc1c[nH]c2cc(F)c(CNC(=O)c3ccc(=O)n(CC4(C)CC(C)(Cn5ccccc5=O)C4)c3)cc12.O=C(NCc1ccc(Cl)cc1)c1cncc(Cc2ccc(Cn3ccccc3=O)cc2)c1. The number of ether oxygens (including phenoxy) is 1. The van der Waals surface area contributed by atoms with Crippen LogP contribution in [0.3, 0.4) is 0 Å². The van der Waals surface area contributed by atoms with E-state index in [-0.39, 0.29) is 57.3 Å². The van der Waals surface area contributed by atoms with Crippen LogP contribution in [0.2, 0.25) is 5.02 Å². The Morgan fingerprint density at radius 2 is 0.941 bits per heavy atom. The smallest absolute Gasteiger partial charge is 0.253 e. The monoisotopic (exact) mass is 1380 g/mol. The number of aromatic amines is 1. The highest BCUT2D eigenvalue weighted by molar-refractivity contribution is 6.30. The highest BCUT2D eigenvalue weighted by Crippen LogP contribution is 2.55. The molecule has 5 aromatic carbocycles. The van der Waals surface area contributed by atoms with Crippen LogP contribution in [0.1, 0.15) is 113 Å². The normalized spacial score (nSPS) is 14.4. The van der Waals surface area contributed by atoms with Crippen LogP contribution in [0.5, 0.6) is 5.75 Å². The summed E-state index contributed by atoms with van der Waals surface area (Å²) < 4.78 is 26.3. The van der Waals surface area contributed by atoms with Gasteiger partial charge in [-0.25, -0.2) is 4.39 Å². The number of pyridine rings is 6. The van der Waals surface area contributed by atoms with E-state index in [1.165, 1.54) is 18.2 Å². The lowest BCUT2D eigenvalue weighted by Gasteiger charge is -2.53.